The number of halogens is 2. The largest absolute Gasteiger partial charge is 0.310 e. The van der Waals surface area contributed by atoms with Crippen molar-refractivity contribution < 1.29 is 0 Å². The van der Waals surface area contributed by atoms with Crippen LogP contribution >= 0.6 is 35.0 Å². The lowest BCUT2D eigenvalue weighted by atomic mass is 10.1. The molecule has 1 aromatic carbocycles. The molecule has 0 spiro atoms. The standard InChI is InChI=1S/C10H12IN.ClH/c11-9-4-1-3-8(7-9)10-5-2-6-12-10;/h1,3-4,7,10,12H,2,5-6H2;1H/t10-;/m1./s1. The van der Waals surface area contributed by atoms with Crippen molar-refractivity contribution in [3.8, 4) is 0 Å². The van der Waals surface area contributed by atoms with Gasteiger partial charge in [-0.2, -0.15) is 0 Å². The van der Waals surface area contributed by atoms with Crippen molar-refractivity contribution in [1.82, 2.24) is 5.32 Å². The SMILES string of the molecule is Cl.Ic1cccc([C@H]2CCCN2)c1. The van der Waals surface area contributed by atoms with Gasteiger partial charge in [-0.25, -0.2) is 0 Å². The van der Waals surface area contributed by atoms with E-state index in [1.165, 1.54) is 28.5 Å². The van der Waals surface area contributed by atoms with E-state index in [1.807, 2.05) is 0 Å². The first-order valence-electron chi connectivity index (χ1n) is 4.35. The second-order valence-electron chi connectivity index (χ2n) is 3.20. The zero-order chi connectivity index (χ0) is 8.39. The highest BCUT2D eigenvalue weighted by atomic mass is 127. The number of benzene rings is 1. The first-order valence-corrected chi connectivity index (χ1v) is 5.43. The van der Waals surface area contributed by atoms with Crippen molar-refractivity contribution >= 4 is 35.0 Å². The Bertz CT molecular complexity index is 271. The zero-order valence-electron chi connectivity index (χ0n) is 7.29. The van der Waals surface area contributed by atoms with Crippen LogP contribution in [0.25, 0.3) is 0 Å². The van der Waals surface area contributed by atoms with Gasteiger partial charge in [0.2, 0.25) is 0 Å². The summed E-state index contributed by atoms with van der Waals surface area (Å²) < 4.78 is 1.33. The Balaban J connectivity index is 0.000000845. The van der Waals surface area contributed by atoms with Gasteiger partial charge in [-0.15, -0.1) is 12.4 Å². The van der Waals surface area contributed by atoms with Crippen LogP contribution in [0.15, 0.2) is 24.3 Å². The first kappa shape index (κ1) is 11.3. The third-order valence-electron chi connectivity index (χ3n) is 2.31. The lowest BCUT2D eigenvalue weighted by Crippen LogP contribution is -2.12. The van der Waals surface area contributed by atoms with Gasteiger partial charge in [-0.3, -0.25) is 0 Å². The normalized spacial score (nSPS) is 21.2. The molecule has 0 aliphatic carbocycles. The molecule has 1 fully saturated rings. The molecule has 3 heteroatoms. The fourth-order valence-electron chi connectivity index (χ4n) is 1.69. The molecule has 0 bridgehead atoms. The molecule has 1 N–H and O–H groups in total. The molecule has 1 aliphatic heterocycles. The molecular weight excluding hydrogens is 296 g/mol. The Labute approximate surface area is 98.9 Å². The first-order chi connectivity index (χ1) is 5.86. The molecule has 13 heavy (non-hydrogen) atoms. The van der Waals surface area contributed by atoms with Gasteiger partial charge in [-0.05, 0) is 59.7 Å². The van der Waals surface area contributed by atoms with E-state index in [0.717, 1.165) is 0 Å². The molecule has 0 radical (unpaired) electrons. The quantitative estimate of drug-likeness (QED) is 0.786. The van der Waals surface area contributed by atoms with Crippen LogP contribution in [0.5, 0.6) is 0 Å². The highest BCUT2D eigenvalue weighted by Crippen LogP contribution is 2.23. The lowest BCUT2D eigenvalue weighted by Gasteiger charge is -2.10. The van der Waals surface area contributed by atoms with Gasteiger partial charge in [-0.1, -0.05) is 12.1 Å². The van der Waals surface area contributed by atoms with Gasteiger partial charge in [0.25, 0.3) is 0 Å². The Kier molecular flexibility index (Phi) is 4.49. The number of nitrogens with one attached hydrogen (secondary N) is 1. The molecule has 0 unspecified atom stereocenters. The molecule has 1 saturated heterocycles. The topological polar surface area (TPSA) is 12.0 Å². The summed E-state index contributed by atoms with van der Waals surface area (Å²) in [4.78, 5) is 0. The minimum atomic E-state index is 0. The Morgan fingerprint density at radius 2 is 2.23 bits per heavy atom. The Morgan fingerprint density at radius 1 is 1.38 bits per heavy atom. The third-order valence-corrected chi connectivity index (χ3v) is 2.98. The van der Waals surface area contributed by atoms with E-state index in [1.54, 1.807) is 0 Å². The van der Waals surface area contributed by atoms with Crippen LogP contribution in [-0.2, 0) is 0 Å². The summed E-state index contributed by atoms with van der Waals surface area (Å²) in [5.74, 6) is 0. The van der Waals surface area contributed by atoms with E-state index in [0.29, 0.717) is 6.04 Å². The molecule has 72 valence electrons. The van der Waals surface area contributed by atoms with Gasteiger partial charge >= 0.3 is 0 Å². The van der Waals surface area contributed by atoms with Crippen LogP contribution in [0.4, 0.5) is 0 Å². The summed E-state index contributed by atoms with van der Waals surface area (Å²) in [6, 6.07) is 9.37. The molecule has 0 saturated carbocycles. The average Bonchev–Trinajstić information content (AvgIpc) is 2.56. The molecular formula is C10H13ClIN. The lowest BCUT2D eigenvalue weighted by molar-refractivity contribution is 0.647. The third kappa shape index (κ3) is 2.82. The van der Waals surface area contributed by atoms with Crippen LogP contribution in [0.1, 0.15) is 24.4 Å². The second-order valence-corrected chi connectivity index (χ2v) is 4.45. The maximum absolute atomic E-state index is 3.50. The summed E-state index contributed by atoms with van der Waals surface area (Å²) in [6.07, 6.45) is 2.61. The van der Waals surface area contributed by atoms with Crippen LogP contribution in [0.3, 0.4) is 0 Å². The summed E-state index contributed by atoms with van der Waals surface area (Å²) >= 11 is 2.36. The molecule has 0 amide bonds. The van der Waals surface area contributed by atoms with Crippen molar-refractivity contribution in [1.29, 1.82) is 0 Å². The molecule has 1 atom stereocenters. The fraction of sp³-hybridized carbons (Fsp3) is 0.400. The van der Waals surface area contributed by atoms with Crippen LogP contribution < -0.4 is 5.32 Å². The second kappa shape index (κ2) is 5.17. The van der Waals surface area contributed by atoms with Gasteiger partial charge in [0.1, 0.15) is 0 Å². The maximum atomic E-state index is 3.50. The van der Waals surface area contributed by atoms with Crippen molar-refractivity contribution in [3.63, 3.8) is 0 Å². The van der Waals surface area contributed by atoms with Crippen molar-refractivity contribution in [2.45, 2.75) is 18.9 Å². The molecule has 1 nitrogen and oxygen atoms in total. The minimum Gasteiger partial charge on any atom is -0.310 e. The predicted octanol–water partition coefficient (Wildman–Crippen LogP) is 3.14. The molecule has 1 heterocycles. The highest BCUT2D eigenvalue weighted by molar-refractivity contribution is 14.1. The van der Waals surface area contributed by atoms with E-state index < -0.39 is 0 Å². The molecule has 1 aliphatic rings. The van der Waals surface area contributed by atoms with E-state index >= 15 is 0 Å². The fourth-order valence-corrected chi connectivity index (χ4v) is 2.26. The summed E-state index contributed by atoms with van der Waals surface area (Å²) in [6.45, 7) is 1.18. The van der Waals surface area contributed by atoms with Crippen molar-refractivity contribution in [2.75, 3.05) is 6.54 Å². The molecule has 2 rings (SSSR count). The van der Waals surface area contributed by atoms with Crippen molar-refractivity contribution in [2.24, 2.45) is 0 Å². The van der Waals surface area contributed by atoms with Gasteiger partial charge in [0, 0.05) is 9.61 Å². The monoisotopic (exact) mass is 309 g/mol. The number of hydrogen-bond acceptors (Lipinski definition) is 1. The smallest absolute Gasteiger partial charge is 0.0321 e. The molecule has 1 aromatic rings. The predicted molar refractivity (Wildman–Crippen MR) is 66.4 cm³/mol. The minimum absolute atomic E-state index is 0. The Morgan fingerprint density at radius 3 is 2.85 bits per heavy atom. The maximum Gasteiger partial charge on any atom is 0.0321 e. The number of hydrogen-bond donors (Lipinski definition) is 1. The van der Waals surface area contributed by atoms with E-state index in [4.69, 9.17) is 0 Å². The summed E-state index contributed by atoms with van der Waals surface area (Å²) in [7, 11) is 0. The van der Waals surface area contributed by atoms with E-state index in [2.05, 4.69) is 52.2 Å². The van der Waals surface area contributed by atoms with E-state index in [-0.39, 0.29) is 12.4 Å². The van der Waals surface area contributed by atoms with Crippen LogP contribution in [0.2, 0.25) is 0 Å². The summed E-state index contributed by atoms with van der Waals surface area (Å²) in [5.41, 5.74) is 1.44. The summed E-state index contributed by atoms with van der Waals surface area (Å²) in [5, 5.41) is 3.50. The van der Waals surface area contributed by atoms with Gasteiger partial charge < -0.3 is 5.32 Å². The zero-order valence-corrected chi connectivity index (χ0v) is 10.3. The van der Waals surface area contributed by atoms with Gasteiger partial charge in [0.05, 0.1) is 0 Å². The van der Waals surface area contributed by atoms with Crippen LogP contribution in [0, 0.1) is 3.57 Å². The Hall–Kier alpha value is 0.200. The molecule has 0 aromatic heterocycles. The van der Waals surface area contributed by atoms with E-state index in [9.17, 15) is 0 Å². The highest BCUT2D eigenvalue weighted by Gasteiger charge is 2.15. The van der Waals surface area contributed by atoms with Gasteiger partial charge in [0.15, 0.2) is 0 Å². The average molecular weight is 310 g/mol. The van der Waals surface area contributed by atoms with Crippen molar-refractivity contribution in [3.05, 3.63) is 33.4 Å². The van der Waals surface area contributed by atoms with Crippen LogP contribution in [-0.4, -0.2) is 6.54 Å². The number of rotatable bonds is 1.